The molecule has 1 amide bonds. The molecular formula is C29H42N2O4. The van der Waals surface area contributed by atoms with Crippen LogP contribution in [0.25, 0.3) is 16.5 Å². The minimum Gasteiger partial charge on any atom is -0.444 e. The van der Waals surface area contributed by atoms with Crippen molar-refractivity contribution in [1.82, 2.24) is 9.47 Å². The highest BCUT2D eigenvalue weighted by Gasteiger charge is 2.31. The molecule has 0 atom stereocenters. The monoisotopic (exact) mass is 482 g/mol. The first-order chi connectivity index (χ1) is 16.1. The van der Waals surface area contributed by atoms with Crippen LogP contribution in [0.5, 0.6) is 0 Å². The van der Waals surface area contributed by atoms with Crippen molar-refractivity contribution in [2.45, 2.75) is 98.7 Å². The number of hydrogen-bond acceptors (Lipinski definition) is 4. The van der Waals surface area contributed by atoms with E-state index in [2.05, 4.69) is 26.5 Å². The number of hydrogen-bond donors (Lipinski definition) is 0. The standard InChI is InChI=1S/C29H42N2O4/c1-11-20-16-23-25(22(18(2)3)17-31(23)27(33)35-29(8,9)10)19(4)24(20)21-12-14-30(15-13-21)26(32)34-28(5,6)7/h16-17,21H,2,11-15H2,1,3-10H3. The summed E-state index contributed by atoms with van der Waals surface area (Å²) < 4.78 is 12.9. The Labute approximate surface area is 210 Å². The zero-order valence-electron chi connectivity index (χ0n) is 23.0. The first kappa shape index (κ1) is 26.8. The fourth-order valence-corrected chi connectivity index (χ4v) is 5.00. The second-order valence-electron chi connectivity index (χ2n) is 11.7. The molecule has 0 unspecified atom stereocenters. The summed E-state index contributed by atoms with van der Waals surface area (Å²) in [5.74, 6) is 0.343. The Morgan fingerprint density at radius 2 is 1.57 bits per heavy atom. The number of ether oxygens (including phenoxy) is 2. The topological polar surface area (TPSA) is 60.8 Å². The van der Waals surface area contributed by atoms with Crippen molar-refractivity contribution in [3.63, 3.8) is 0 Å². The number of nitrogens with zero attached hydrogens (tertiary/aromatic N) is 2. The minimum absolute atomic E-state index is 0.238. The lowest BCUT2D eigenvalue weighted by Gasteiger charge is -2.35. The summed E-state index contributed by atoms with van der Waals surface area (Å²) in [5, 5.41) is 1.06. The number of carbonyl (C=O) groups excluding carboxylic acids is 2. The van der Waals surface area contributed by atoms with Crippen molar-refractivity contribution >= 4 is 28.7 Å². The number of rotatable bonds is 3. The maximum absolute atomic E-state index is 13.1. The number of aryl methyl sites for hydroxylation is 2. The van der Waals surface area contributed by atoms with Crippen molar-refractivity contribution in [1.29, 1.82) is 0 Å². The van der Waals surface area contributed by atoms with Crippen LogP contribution in [0.4, 0.5) is 9.59 Å². The smallest absolute Gasteiger partial charge is 0.419 e. The highest BCUT2D eigenvalue weighted by molar-refractivity contribution is 6.00. The zero-order chi connectivity index (χ0) is 26.3. The SMILES string of the molecule is C=C(C)c1cn(C(=O)OC(C)(C)C)c2cc(CC)c(C3CCN(C(=O)OC(C)(C)C)CC3)c(C)c12. The maximum Gasteiger partial charge on any atom is 0.419 e. The van der Waals surface area contributed by atoms with Gasteiger partial charge in [0.15, 0.2) is 0 Å². The summed E-state index contributed by atoms with van der Waals surface area (Å²) in [6.07, 6.45) is 3.87. The third kappa shape index (κ3) is 5.91. The molecule has 2 aromatic rings. The summed E-state index contributed by atoms with van der Waals surface area (Å²) in [6, 6.07) is 2.15. The average Bonchev–Trinajstić information content (AvgIpc) is 3.11. The number of fused-ring (bicyclic) bond motifs is 1. The van der Waals surface area contributed by atoms with E-state index in [4.69, 9.17) is 9.47 Å². The quantitative estimate of drug-likeness (QED) is 0.456. The molecule has 0 bridgehead atoms. The molecule has 0 aliphatic carbocycles. The van der Waals surface area contributed by atoms with Crippen LogP contribution in [0.15, 0.2) is 18.8 Å². The summed E-state index contributed by atoms with van der Waals surface area (Å²) in [5.41, 5.74) is 5.44. The molecule has 1 aliphatic heterocycles. The van der Waals surface area contributed by atoms with Crippen LogP contribution in [0.1, 0.15) is 96.4 Å². The normalized spacial score (nSPS) is 15.4. The molecule has 0 spiro atoms. The summed E-state index contributed by atoms with van der Waals surface area (Å²) >= 11 is 0. The predicted molar refractivity (Wildman–Crippen MR) is 142 cm³/mol. The van der Waals surface area contributed by atoms with Crippen LogP contribution in [0, 0.1) is 6.92 Å². The van der Waals surface area contributed by atoms with Gasteiger partial charge in [0.1, 0.15) is 11.2 Å². The number of benzene rings is 1. The lowest BCUT2D eigenvalue weighted by Crippen LogP contribution is -2.41. The second kappa shape index (κ2) is 9.71. The maximum atomic E-state index is 13.1. The molecule has 1 saturated heterocycles. The number of likely N-dealkylation sites (tertiary alicyclic amines) is 1. The number of piperidine rings is 1. The molecule has 192 valence electrons. The molecule has 0 N–H and O–H groups in total. The first-order valence-electron chi connectivity index (χ1n) is 12.7. The summed E-state index contributed by atoms with van der Waals surface area (Å²) in [7, 11) is 0. The van der Waals surface area contributed by atoms with E-state index in [1.54, 1.807) is 4.57 Å². The largest absolute Gasteiger partial charge is 0.444 e. The van der Waals surface area contributed by atoms with Crippen LogP contribution in [-0.2, 0) is 15.9 Å². The average molecular weight is 483 g/mol. The molecule has 1 fully saturated rings. The van der Waals surface area contributed by atoms with Crippen molar-refractivity contribution in [3.8, 4) is 0 Å². The highest BCUT2D eigenvalue weighted by atomic mass is 16.6. The van der Waals surface area contributed by atoms with E-state index in [1.165, 1.54) is 16.7 Å². The third-order valence-corrected chi connectivity index (χ3v) is 6.46. The predicted octanol–water partition coefficient (Wildman–Crippen LogP) is 7.44. The van der Waals surface area contributed by atoms with Gasteiger partial charge in [-0.05, 0) is 109 Å². The van der Waals surface area contributed by atoms with Gasteiger partial charge in [0.25, 0.3) is 0 Å². The number of amides is 1. The van der Waals surface area contributed by atoms with Crippen LogP contribution in [0.2, 0.25) is 0 Å². The van der Waals surface area contributed by atoms with E-state index in [-0.39, 0.29) is 12.2 Å². The molecule has 6 nitrogen and oxygen atoms in total. The molecule has 35 heavy (non-hydrogen) atoms. The van der Waals surface area contributed by atoms with Crippen molar-refractivity contribution in [3.05, 3.63) is 41.1 Å². The molecule has 1 aliphatic rings. The van der Waals surface area contributed by atoms with E-state index in [0.29, 0.717) is 19.0 Å². The highest BCUT2D eigenvalue weighted by Crippen LogP contribution is 2.40. The number of aromatic nitrogens is 1. The zero-order valence-corrected chi connectivity index (χ0v) is 23.0. The van der Waals surface area contributed by atoms with Gasteiger partial charge in [0, 0.05) is 30.2 Å². The van der Waals surface area contributed by atoms with Gasteiger partial charge in [-0.2, -0.15) is 0 Å². The van der Waals surface area contributed by atoms with Crippen molar-refractivity contribution in [2.75, 3.05) is 13.1 Å². The van der Waals surface area contributed by atoms with E-state index < -0.39 is 11.2 Å². The van der Waals surface area contributed by atoms with E-state index in [0.717, 1.165) is 41.3 Å². The van der Waals surface area contributed by atoms with E-state index in [1.807, 2.05) is 59.6 Å². The minimum atomic E-state index is -0.582. The molecule has 2 heterocycles. The van der Waals surface area contributed by atoms with Gasteiger partial charge in [-0.25, -0.2) is 9.59 Å². The van der Waals surface area contributed by atoms with Crippen molar-refractivity contribution in [2.24, 2.45) is 0 Å². The molecule has 0 radical (unpaired) electrons. The summed E-state index contributed by atoms with van der Waals surface area (Å²) in [4.78, 5) is 27.4. The second-order valence-corrected chi connectivity index (χ2v) is 11.7. The molecule has 1 aromatic carbocycles. The van der Waals surface area contributed by atoms with Crippen LogP contribution in [-0.4, -0.2) is 45.9 Å². The van der Waals surface area contributed by atoms with Crippen molar-refractivity contribution < 1.29 is 19.1 Å². The Kier molecular flexibility index (Phi) is 7.45. The van der Waals surface area contributed by atoms with Gasteiger partial charge >= 0.3 is 12.2 Å². The van der Waals surface area contributed by atoms with Gasteiger partial charge < -0.3 is 14.4 Å². The number of carbonyl (C=O) groups is 2. The van der Waals surface area contributed by atoms with Gasteiger partial charge in [0.05, 0.1) is 5.52 Å². The first-order valence-corrected chi connectivity index (χ1v) is 12.7. The van der Waals surface area contributed by atoms with Gasteiger partial charge in [-0.15, -0.1) is 0 Å². The Balaban J connectivity index is 2.01. The molecule has 0 saturated carbocycles. The van der Waals surface area contributed by atoms with Gasteiger partial charge in [-0.1, -0.05) is 13.5 Å². The van der Waals surface area contributed by atoms with Gasteiger partial charge in [0.2, 0.25) is 0 Å². The Bertz CT molecular complexity index is 1140. The third-order valence-electron chi connectivity index (χ3n) is 6.46. The Morgan fingerprint density at radius 3 is 2.06 bits per heavy atom. The lowest BCUT2D eigenvalue weighted by atomic mass is 9.81. The molecule has 6 heteroatoms. The van der Waals surface area contributed by atoms with E-state index >= 15 is 0 Å². The molecule has 3 rings (SSSR count). The summed E-state index contributed by atoms with van der Waals surface area (Å²) in [6.45, 7) is 23.1. The fourth-order valence-electron chi connectivity index (χ4n) is 5.00. The van der Waals surface area contributed by atoms with E-state index in [9.17, 15) is 9.59 Å². The van der Waals surface area contributed by atoms with Crippen LogP contribution < -0.4 is 0 Å². The number of allylic oxidation sites excluding steroid dienone is 1. The lowest BCUT2D eigenvalue weighted by molar-refractivity contribution is 0.0204. The van der Waals surface area contributed by atoms with Crippen LogP contribution >= 0.6 is 0 Å². The van der Waals surface area contributed by atoms with Gasteiger partial charge in [-0.3, -0.25) is 4.57 Å². The molecular weight excluding hydrogens is 440 g/mol. The fraction of sp³-hybridized carbons (Fsp3) is 0.586. The molecule has 1 aromatic heterocycles. The van der Waals surface area contributed by atoms with Crippen LogP contribution in [0.3, 0.4) is 0 Å². The Hall–Kier alpha value is -2.76. The Morgan fingerprint density at radius 1 is 1.03 bits per heavy atom.